The first-order valence-electron chi connectivity index (χ1n) is 29.4. The maximum absolute atomic E-state index is 7.81. The number of hydrogen-bond acceptors (Lipinski definition) is 3. The van der Waals surface area contributed by atoms with Crippen LogP contribution in [0.25, 0.3) is 66.8 Å². The van der Waals surface area contributed by atoms with E-state index in [2.05, 4.69) is 325 Å². The van der Waals surface area contributed by atoms with E-state index in [0.717, 1.165) is 66.8 Å². The highest BCUT2D eigenvalue weighted by Gasteiger charge is 2.34. The Labute approximate surface area is 494 Å². The van der Waals surface area contributed by atoms with Crippen LogP contribution in [0.4, 0.5) is 0 Å². The Morgan fingerprint density at radius 3 is 0.573 bits per heavy atom. The fourth-order valence-corrected chi connectivity index (χ4v) is 12.9. The molecule has 0 bridgehead atoms. The lowest BCUT2D eigenvalue weighted by Gasteiger charge is -2.30. The predicted octanol–water partition coefficient (Wildman–Crippen LogP) is 23.2. The van der Waals surface area contributed by atoms with Crippen LogP contribution in [0.15, 0.2) is 200 Å². The van der Waals surface area contributed by atoms with Crippen molar-refractivity contribution in [3.63, 3.8) is 0 Å². The zero-order chi connectivity index (χ0) is 59.2. The van der Waals surface area contributed by atoms with Gasteiger partial charge in [-0.3, -0.25) is 0 Å². The van der Waals surface area contributed by atoms with Gasteiger partial charge in [-0.05, 0) is 134 Å². The maximum atomic E-state index is 7.81. The molecule has 0 saturated carbocycles. The van der Waals surface area contributed by atoms with Crippen LogP contribution < -0.4 is 13.6 Å². The minimum absolute atomic E-state index is 0.153. The van der Waals surface area contributed by atoms with Crippen molar-refractivity contribution in [3.05, 3.63) is 234 Å². The molecule has 0 spiro atoms. The summed E-state index contributed by atoms with van der Waals surface area (Å²) >= 11 is 0. The second kappa shape index (κ2) is 22.9. The maximum Gasteiger partial charge on any atom is 0.530 e. The minimum atomic E-state index is -2.36. The zero-order valence-corrected chi connectivity index (χ0v) is 53.1. The number of benzene rings is 9. The standard InChI is InChI=1S/C78H87O3P/c1-73(2,3)61-43-25-19-34-52(61)55-40-31-49-67(70(55)58-37-22-28-46-64(58)76(10,11)12)79-82(80-68-50-32-41-56(53-35-20-26-44-62(53)74(4,5)6)71(68)59-38-23-29-47-65(59)77(13,14)15)81-69-51-33-42-57(54-36-21-27-45-63(54)75(7,8)9)72(69)60-39-24-30-48-66(60)78(16,17)18/h19-51H,1-18H3. The molecule has 0 unspecified atom stereocenters. The second-order valence-electron chi connectivity index (χ2n) is 28.3. The average molecular weight is 1100 g/mol. The van der Waals surface area contributed by atoms with Crippen LogP contribution in [0.3, 0.4) is 0 Å². The van der Waals surface area contributed by atoms with Crippen molar-refractivity contribution >= 4 is 8.60 Å². The first kappa shape index (κ1) is 59.4. The van der Waals surface area contributed by atoms with E-state index in [0.29, 0.717) is 17.2 Å². The molecule has 9 rings (SSSR count). The van der Waals surface area contributed by atoms with Crippen LogP contribution in [0.2, 0.25) is 0 Å². The minimum Gasteiger partial charge on any atom is -0.408 e. The first-order valence-corrected chi connectivity index (χ1v) is 30.5. The van der Waals surface area contributed by atoms with Crippen LogP contribution in [-0.2, 0) is 32.5 Å². The van der Waals surface area contributed by atoms with Gasteiger partial charge < -0.3 is 13.6 Å². The molecule has 0 aliphatic rings. The molecule has 0 radical (unpaired) electrons. The lowest BCUT2D eigenvalue weighted by atomic mass is 9.77. The van der Waals surface area contributed by atoms with Gasteiger partial charge in [-0.1, -0.05) is 307 Å². The Balaban J connectivity index is 1.39. The number of rotatable bonds is 12. The Kier molecular flexibility index (Phi) is 16.6. The molecule has 0 aromatic heterocycles. The highest BCUT2D eigenvalue weighted by Crippen LogP contribution is 2.56. The summed E-state index contributed by atoms with van der Waals surface area (Å²) in [5, 5.41) is 0. The van der Waals surface area contributed by atoms with E-state index < -0.39 is 8.60 Å². The Morgan fingerprint density at radius 1 is 0.195 bits per heavy atom. The van der Waals surface area contributed by atoms with E-state index >= 15 is 0 Å². The molecule has 9 aromatic rings. The predicted molar refractivity (Wildman–Crippen MR) is 353 cm³/mol. The van der Waals surface area contributed by atoms with E-state index in [1.165, 1.54) is 33.4 Å². The molecule has 82 heavy (non-hydrogen) atoms. The van der Waals surface area contributed by atoms with Crippen molar-refractivity contribution in [3.8, 4) is 84.0 Å². The summed E-state index contributed by atoms with van der Waals surface area (Å²) in [6.45, 7) is 41.3. The third kappa shape index (κ3) is 12.6. The van der Waals surface area contributed by atoms with Gasteiger partial charge in [0.25, 0.3) is 0 Å². The van der Waals surface area contributed by atoms with Gasteiger partial charge in [-0.2, -0.15) is 0 Å². The van der Waals surface area contributed by atoms with Gasteiger partial charge in [0.2, 0.25) is 0 Å². The van der Waals surface area contributed by atoms with Crippen LogP contribution in [0.5, 0.6) is 17.2 Å². The number of hydrogen-bond donors (Lipinski definition) is 0. The Hall–Kier alpha value is -7.19. The molecule has 0 amide bonds. The molecule has 0 heterocycles. The third-order valence-electron chi connectivity index (χ3n) is 15.7. The summed E-state index contributed by atoms with van der Waals surface area (Å²) in [5.74, 6) is 2.00. The van der Waals surface area contributed by atoms with Crippen LogP contribution in [-0.4, -0.2) is 0 Å². The van der Waals surface area contributed by atoms with Crippen molar-refractivity contribution in [2.75, 3.05) is 0 Å². The normalized spacial score (nSPS) is 12.6. The zero-order valence-electron chi connectivity index (χ0n) is 52.2. The molecule has 0 fully saturated rings. The van der Waals surface area contributed by atoms with Gasteiger partial charge in [0, 0.05) is 16.7 Å². The second-order valence-corrected chi connectivity index (χ2v) is 29.3. The van der Waals surface area contributed by atoms with Crippen molar-refractivity contribution < 1.29 is 13.6 Å². The summed E-state index contributed by atoms with van der Waals surface area (Å²) in [4.78, 5) is 0. The largest absolute Gasteiger partial charge is 0.530 e. The highest BCUT2D eigenvalue weighted by atomic mass is 31.2. The van der Waals surface area contributed by atoms with Gasteiger partial charge in [0.15, 0.2) is 0 Å². The highest BCUT2D eigenvalue weighted by molar-refractivity contribution is 7.43. The molecule has 422 valence electrons. The van der Waals surface area contributed by atoms with Crippen LogP contribution in [0, 0.1) is 0 Å². The molecule has 0 aliphatic carbocycles. The fourth-order valence-electron chi connectivity index (χ4n) is 11.8. The molecule has 3 nitrogen and oxygen atoms in total. The van der Waals surface area contributed by atoms with Gasteiger partial charge in [-0.25, -0.2) is 0 Å². The lowest BCUT2D eigenvalue weighted by molar-refractivity contribution is 0.390. The SMILES string of the molecule is CC(C)(C)c1ccccc1-c1cccc(OP(Oc2cccc(-c3ccccc3C(C)(C)C)c2-c2ccccc2C(C)(C)C)Oc2cccc(-c3ccccc3C(C)(C)C)c2-c2ccccc2C(C)(C)C)c1-c1ccccc1C(C)(C)C. The fraction of sp³-hybridized carbons (Fsp3) is 0.308. The van der Waals surface area contributed by atoms with Crippen LogP contribution >= 0.6 is 8.60 Å². The molecule has 0 saturated heterocycles. The van der Waals surface area contributed by atoms with Crippen molar-refractivity contribution in [1.82, 2.24) is 0 Å². The molecule has 0 N–H and O–H groups in total. The smallest absolute Gasteiger partial charge is 0.408 e. The third-order valence-corrected chi connectivity index (χ3v) is 16.7. The van der Waals surface area contributed by atoms with Gasteiger partial charge in [-0.15, -0.1) is 0 Å². The molecular weight excluding hydrogens is 1020 g/mol. The summed E-state index contributed by atoms with van der Waals surface area (Å²) < 4.78 is 23.4. The van der Waals surface area contributed by atoms with E-state index in [4.69, 9.17) is 13.6 Å². The van der Waals surface area contributed by atoms with Crippen molar-refractivity contribution in [2.45, 2.75) is 157 Å². The average Bonchev–Trinajstić information content (AvgIpc) is 1.95. The lowest BCUT2D eigenvalue weighted by Crippen LogP contribution is -2.15. The molecule has 9 aromatic carbocycles. The topological polar surface area (TPSA) is 27.7 Å². The van der Waals surface area contributed by atoms with E-state index in [1.54, 1.807) is 0 Å². The van der Waals surface area contributed by atoms with E-state index in [-0.39, 0.29) is 32.5 Å². The molecule has 4 heteroatoms. The van der Waals surface area contributed by atoms with E-state index in [9.17, 15) is 0 Å². The van der Waals surface area contributed by atoms with Gasteiger partial charge in [0.05, 0.1) is 0 Å². The first-order chi connectivity index (χ1) is 38.5. The quantitative estimate of drug-likeness (QED) is 0.114. The molecule has 0 atom stereocenters. The van der Waals surface area contributed by atoms with E-state index in [1.807, 2.05) is 0 Å². The summed E-state index contributed by atoms with van der Waals surface area (Å²) in [5.41, 5.74) is 19.3. The summed E-state index contributed by atoms with van der Waals surface area (Å²) in [7, 11) is -2.36. The molecular formula is C78H87O3P. The van der Waals surface area contributed by atoms with Crippen molar-refractivity contribution in [1.29, 1.82) is 0 Å². The Bertz CT molecular complexity index is 3350. The van der Waals surface area contributed by atoms with Crippen LogP contribution in [0.1, 0.15) is 158 Å². The monoisotopic (exact) mass is 1100 g/mol. The van der Waals surface area contributed by atoms with Crippen molar-refractivity contribution in [2.24, 2.45) is 0 Å². The Morgan fingerprint density at radius 2 is 0.366 bits per heavy atom. The van der Waals surface area contributed by atoms with Gasteiger partial charge in [0.1, 0.15) is 17.2 Å². The van der Waals surface area contributed by atoms with Gasteiger partial charge >= 0.3 is 8.60 Å². The summed E-state index contributed by atoms with van der Waals surface area (Å²) in [6.07, 6.45) is 0. The molecule has 0 aliphatic heterocycles. The summed E-state index contributed by atoms with van der Waals surface area (Å²) in [6, 6.07) is 72.5.